The third-order valence-electron chi connectivity index (χ3n) is 3.46. The Morgan fingerprint density at radius 3 is 2.74 bits per heavy atom. The van der Waals surface area contributed by atoms with Crippen molar-refractivity contribution in [3.8, 4) is 6.07 Å². The Balaban J connectivity index is 2.12. The van der Waals surface area contributed by atoms with E-state index in [1.165, 1.54) is 7.11 Å². The molecule has 5 heteroatoms. The topological polar surface area (TPSA) is 66.2 Å². The second-order valence-electron chi connectivity index (χ2n) is 4.72. The highest BCUT2D eigenvalue weighted by atomic mass is 16.5. The number of nitriles is 1. The van der Waals surface area contributed by atoms with Crippen LogP contribution in [0, 0.1) is 24.2 Å². The number of rotatable bonds is 2. The monoisotopic (exact) mass is 259 g/mol. The molecule has 2 rings (SSSR count). The van der Waals surface area contributed by atoms with Crippen LogP contribution in [0.15, 0.2) is 12.1 Å². The minimum atomic E-state index is -0.141. The molecule has 2 heterocycles. The van der Waals surface area contributed by atoms with Gasteiger partial charge in [-0.05, 0) is 31.9 Å². The standard InChI is InChI=1S/C14H17N3O2/c1-10-3-4-12(9-15)13(16-10)17-7-5-11(6-8-17)14(18)19-2/h3-4,11H,5-8H2,1-2H3. The average Bonchev–Trinajstić information content (AvgIpc) is 2.46. The number of piperidine rings is 1. The van der Waals surface area contributed by atoms with Crippen molar-refractivity contribution in [3.63, 3.8) is 0 Å². The van der Waals surface area contributed by atoms with Crippen molar-refractivity contribution in [2.45, 2.75) is 19.8 Å². The summed E-state index contributed by atoms with van der Waals surface area (Å²) in [4.78, 5) is 18.0. The summed E-state index contributed by atoms with van der Waals surface area (Å²) in [6.45, 7) is 3.36. The first-order valence-corrected chi connectivity index (χ1v) is 6.36. The number of nitrogens with zero attached hydrogens (tertiary/aromatic N) is 3. The lowest BCUT2D eigenvalue weighted by Gasteiger charge is -2.32. The molecule has 0 atom stereocenters. The second-order valence-corrected chi connectivity index (χ2v) is 4.72. The number of ether oxygens (including phenoxy) is 1. The smallest absolute Gasteiger partial charge is 0.308 e. The van der Waals surface area contributed by atoms with Crippen molar-refractivity contribution in [1.29, 1.82) is 5.26 Å². The Labute approximate surface area is 112 Å². The van der Waals surface area contributed by atoms with Crippen LogP contribution in [-0.4, -0.2) is 31.2 Å². The molecule has 100 valence electrons. The summed E-state index contributed by atoms with van der Waals surface area (Å²) in [5.74, 6) is 0.555. The van der Waals surface area contributed by atoms with Gasteiger partial charge >= 0.3 is 5.97 Å². The maximum atomic E-state index is 11.5. The van der Waals surface area contributed by atoms with Crippen molar-refractivity contribution in [2.24, 2.45) is 5.92 Å². The molecule has 0 radical (unpaired) electrons. The third-order valence-corrected chi connectivity index (χ3v) is 3.46. The lowest BCUT2D eigenvalue weighted by atomic mass is 9.97. The fourth-order valence-corrected chi connectivity index (χ4v) is 2.36. The molecule has 0 bridgehead atoms. The number of hydrogen-bond acceptors (Lipinski definition) is 5. The van der Waals surface area contributed by atoms with E-state index in [1.54, 1.807) is 6.07 Å². The van der Waals surface area contributed by atoms with Gasteiger partial charge in [0.1, 0.15) is 11.9 Å². The van der Waals surface area contributed by atoms with E-state index in [0.717, 1.165) is 37.4 Å². The zero-order chi connectivity index (χ0) is 13.8. The van der Waals surface area contributed by atoms with E-state index in [4.69, 9.17) is 10.00 Å². The first kappa shape index (κ1) is 13.3. The van der Waals surface area contributed by atoms with Crippen LogP contribution < -0.4 is 4.90 Å². The summed E-state index contributed by atoms with van der Waals surface area (Å²) in [5.41, 5.74) is 1.48. The zero-order valence-electron chi connectivity index (χ0n) is 11.2. The van der Waals surface area contributed by atoms with Gasteiger partial charge in [-0.15, -0.1) is 0 Å². The van der Waals surface area contributed by atoms with Gasteiger partial charge in [-0.3, -0.25) is 4.79 Å². The normalized spacial score (nSPS) is 15.9. The molecule has 5 nitrogen and oxygen atoms in total. The van der Waals surface area contributed by atoms with Gasteiger partial charge < -0.3 is 9.64 Å². The number of methoxy groups -OCH3 is 1. The Kier molecular flexibility index (Phi) is 4.00. The predicted molar refractivity (Wildman–Crippen MR) is 70.6 cm³/mol. The van der Waals surface area contributed by atoms with Gasteiger partial charge in [0.05, 0.1) is 18.6 Å². The fourth-order valence-electron chi connectivity index (χ4n) is 2.36. The van der Waals surface area contributed by atoms with Gasteiger partial charge in [0, 0.05) is 18.8 Å². The molecule has 0 spiro atoms. The summed E-state index contributed by atoms with van der Waals surface area (Å²) in [6, 6.07) is 5.80. The number of aromatic nitrogens is 1. The molecule has 0 N–H and O–H groups in total. The van der Waals surface area contributed by atoms with Crippen molar-refractivity contribution in [1.82, 2.24) is 4.98 Å². The quantitative estimate of drug-likeness (QED) is 0.755. The molecule has 0 aromatic carbocycles. The molecule has 0 amide bonds. The molecule has 19 heavy (non-hydrogen) atoms. The van der Waals surface area contributed by atoms with Crippen molar-refractivity contribution in [2.75, 3.05) is 25.1 Å². The Morgan fingerprint density at radius 1 is 1.47 bits per heavy atom. The fraction of sp³-hybridized carbons (Fsp3) is 0.500. The van der Waals surface area contributed by atoms with E-state index in [1.807, 2.05) is 13.0 Å². The van der Waals surface area contributed by atoms with E-state index in [0.29, 0.717) is 5.56 Å². The summed E-state index contributed by atoms with van der Waals surface area (Å²) in [6.07, 6.45) is 1.49. The zero-order valence-corrected chi connectivity index (χ0v) is 11.2. The van der Waals surface area contributed by atoms with Crippen LogP contribution in [-0.2, 0) is 9.53 Å². The minimum absolute atomic E-state index is 0.0309. The Bertz CT molecular complexity index is 514. The molecule has 1 aromatic rings. The van der Waals surface area contributed by atoms with Crippen LogP contribution in [0.2, 0.25) is 0 Å². The SMILES string of the molecule is COC(=O)C1CCN(c2nc(C)ccc2C#N)CC1. The van der Waals surface area contributed by atoms with Crippen molar-refractivity contribution in [3.05, 3.63) is 23.4 Å². The third kappa shape index (κ3) is 2.84. The van der Waals surface area contributed by atoms with Crippen molar-refractivity contribution < 1.29 is 9.53 Å². The number of aryl methyl sites for hydroxylation is 1. The average molecular weight is 259 g/mol. The molecule has 0 aliphatic carbocycles. The predicted octanol–water partition coefficient (Wildman–Crippen LogP) is 1.65. The first-order valence-electron chi connectivity index (χ1n) is 6.36. The molecule has 1 fully saturated rings. The van der Waals surface area contributed by atoms with E-state index >= 15 is 0 Å². The Hall–Kier alpha value is -2.09. The minimum Gasteiger partial charge on any atom is -0.469 e. The number of anilines is 1. The molecular formula is C14H17N3O2. The van der Waals surface area contributed by atoms with E-state index in [9.17, 15) is 4.79 Å². The second kappa shape index (κ2) is 5.70. The van der Waals surface area contributed by atoms with Gasteiger partial charge in [0.15, 0.2) is 0 Å². The molecular weight excluding hydrogens is 242 g/mol. The van der Waals surface area contributed by atoms with Crippen LogP contribution in [0.5, 0.6) is 0 Å². The lowest BCUT2D eigenvalue weighted by molar-refractivity contribution is -0.146. The van der Waals surface area contributed by atoms with E-state index in [-0.39, 0.29) is 11.9 Å². The summed E-state index contributed by atoms with van der Waals surface area (Å²) >= 11 is 0. The number of carbonyl (C=O) groups is 1. The van der Waals surface area contributed by atoms with Gasteiger partial charge in [0.2, 0.25) is 0 Å². The van der Waals surface area contributed by atoms with Crippen LogP contribution in [0.25, 0.3) is 0 Å². The molecule has 0 unspecified atom stereocenters. The van der Waals surface area contributed by atoms with Crippen LogP contribution in [0.3, 0.4) is 0 Å². The highest BCUT2D eigenvalue weighted by Gasteiger charge is 2.27. The van der Waals surface area contributed by atoms with E-state index < -0.39 is 0 Å². The molecule has 1 aliphatic rings. The summed E-state index contributed by atoms with van der Waals surface area (Å²) in [5, 5.41) is 9.13. The summed E-state index contributed by atoms with van der Waals surface area (Å²) in [7, 11) is 1.42. The number of pyridine rings is 1. The van der Waals surface area contributed by atoms with Gasteiger partial charge in [-0.1, -0.05) is 0 Å². The maximum Gasteiger partial charge on any atom is 0.308 e. The van der Waals surface area contributed by atoms with Crippen LogP contribution in [0.1, 0.15) is 24.1 Å². The molecule has 1 saturated heterocycles. The van der Waals surface area contributed by atoms with Crippen molar-refractivity contribution >= 4 is 11.8 Å². The molecule has 1 aliphatic heterocycles. The summed E-state index contributed by atoms with van der Waals surface area (Å²) < 4.78 is 4.77. The van der Waals surface area contributed by atoms with Crippen LogP contribution >= 0.6 is 0 Å². The van der Waals surface area contributed by atoms with Crippen LogP contribution in [0.4, 0.5) is 5.82 Å². The largest absolute Gasteiger partial charge is 0.469 e. The Morgan fingerprint density at radius 2 is 2.16 bits per heavy atom. The number of hydrogen-bond donors (Lipinski definition) is 0. The molecule has 0 saturated carbocycles. The maximum absolute atomic E-state index is 11.5. The van der Waals surface area contributed by atoms with Gasteiger partial charge in [-0.25, -0.2) is 4.98 Å². The van der Waals surface area contributed by atoms with Gasteiger partial charge in [-0.2, -0.15) is 5.26 Å². The highest BCUT2D eigenvalue weighted by Crippen LogP contribution is 2.25. The number of carbonyl (C=O) groups excluding carboxylic acids is 1. The van der Waals surface area contributed by atoms with E-state index in [2.05, 4.69) is 16.0 Å². The first-order chi connectivity index (χ1) is 9.15. The lowest BCUT2D eigenvalue weighted by Crippen LogP contribution is -2.37. The van der Waals surface area contributed by atoms with Gasteiger partial charge in [0.25, 0.3) is 0 Å². The molecule has 1 aromatic heterocycles. The highest BCUT2D eigenvalue weighted by molar-refractivity contribution is 5.72. The number of esters is 1.